The molecule has 2 aromatic rings. The number of carbonyl (C=O) groups is 2. The van der Waals surface area contributed by atoms with E-state index in [0.29, 0.717) is 40.9 Å². The van der Waals surface area contributed by atoms with Crippen LogP contribution in [0.5, 0.6) is 5.75 Å². The van der Waals surface area contributed by atoms with Crippen LogP contribution in [0.2, 0.25) is 10.0 Å². The smallest absolute Gasteiger partial charge is 0.295 e. The first-order chi connectivity index (χ1) is 17.2. The molecule has 1 aliphatic heterocycles. The summed E-state index contributed by atoms with van der Waals surface area (Å²) in [6, 6.07) is 9.49. The van der Waals surface area contributed by atoms with E-state index in [9.17, 15) is 14.7 Å². The van der Waals surface area contributed by atoms with E-state index in [4.69, 9.17) is 27.9 Å². The number of ether oxygens (including phenoxy) is 1. The number of aryl methyl sites for hydroxylation is 1. The van der Waals surface area contributed by atoms with Gasteiger partial charge in [-0.15, -0.1) is 0 Å². The maximum atomic E-state index is 13.3. The average Bonchev–Trinajstić information content (AvgIpc) is 3.12. The van der Waals surface area contributed by atoms with Crippen molar-refractivity contribution in [1.29, 1.82) is 0 Å². The minimum Gasteiger partial charge on any atom is -0.507 e. The summed E-state index contributed by atoms with van der Waals surface area (Å²) in [5.41, 5.74) is 1.93. The molecule has 0 radical (unpaired) electrons. The van der Waals surface area contributed by atoms with Crippen molar-refractivity contribution in [3.8, 4) is 5.75 Å². The van der Waals surface area contributed by atoms with E-state index in [1.807, 2.05) is 20.8 Å². The van der Waals surface area contributed by atoms with Crippen LogP contribution in [-0.2, 0) is 9.59 Å². The highest BCUT2D eigenvalue weighted by Gasteiger charge is 2.46. The quantitative estimate of drug-likeness (QED) is 0.160. The predicted molar refractivity (Wildman–Crippen MR) is 145 cm³/mol. The van der Waals surface area contributed by atoms with Crippen molar-refractivity contribution < 1.29 is 19.4 Å². The maximum absolute atomic E-state index is 13.3. The number of aliphatic hydroxyl groups excluding tert-OH is 1. The molecule has 0 bridgehead atoms. The first-order valence-electron chi connectivity index (χ1n) is 12.4. The van der Waals surface area contributed by atoms with Crippen LogP contribution < -0.4 is 4.74 Å². The first-order valence-corrected chi connectivity index (χ1v) is 13.2. The molecule has 1 fully saturated rings. The van der Waals surface area contributed by atoms with E-state index in [0.717, 1.165) is 37.2 Å². The lowest BCUT2D eigenvalue weighted by Gasteiger charge is -2.28. The highest BCUT2D eigenvalue weighted by Crippen LogP contribution is 2.41. The zero-order valence-electron chi connectivity index (χ0n) is 21.3. The second kappa shape index (κ2) is 12.6. The molecule has 3 rings (SSSR count). The molecule has 0 aromatic heterocycles. The number of amides is 1. The van der Waals surface area contributed by atoms with Gasteiger partial charge in [-0.25, -0.2) is 0 Å². The number of hydrogen-bond donors (Lipinski definition) is 1. The van der Waals surface area contributed by atoms with E-state index in [1.54, 1.807) is 36.4 Å². The molecule has 1 atom stereocenters. The number of benzene rings is 2. The SMILES string of the molecule is CCCCOc1ccc(/C(O)=C2\C(=O)C(=O)N(CCN(CC)CC)[C@@H]2c2ccc(Cl)c(Cl)c2)cc1C. The summed E-state index contributed by atoms with van der Waals surface area (Å²) < 4.78 is 5.82. The normalized spacial score (nSPS) is 17.3. The van der Waals surface area contributed by atoms with Crippen LogP contribution in [0, 0.1) is 6.92 Å². The summed E-state index contributed by atoms with van der Waals surface area (Å²) >= 11 is 12.4. The molecular formula is C28H34Cl2N2O4. The minimum atomic E-state index is -0.781. The fourth-order valence-corrected chi connectivity index (χ4v) is 4.68. The van der Waals surface area contributed by atoms with Crippen LogP contribution in [0.25, 0.3) is 5.76 Å². The number of aliphatic hydroxyl groups is 1. The van der Waals surface area contributed by atoms with Gasteiger partial charge in [-0.05, 0) is 67.9 Å². The number of nitrogens with zero attached hydrogens (tertiary/aromatic N) is 2. The molecule has 36 heavy (non-hydrogen) atoms. The molecule has 1 N–H and O–H groups in total. The average molecular weight is 533 g/mol. The van der Waals surface area contributed by atoms with Gasteiger partial charge in [0.15, 0.2) is 0 Å². The van der Waals surface area contributed by atoms with Gasteiger partial charge in [0, 0.05) is 18.7 Å². The van der Waals surface area contributed by atoms with Gasteiger partial charge >= 0.3 is 0 Å². The summed E-state index contributed by atoms with van der Waals surface area (Å²) in [5.74, 6) is -0.862. The van der Waals surface area contributed by atoms with E-state index in [-0.39, 0.29) is 11.3 Å². The Morgan fingerprint density at radius 1 is 1.06 bits per heavy atom. The van der Waals surface area contributed by atoms with Crippen molar-refractivity contribution in [3.63, 3.8) is 0 Å². The Morgan fingerprint density at radius 3 is 2.39 bits per heavy atom. The molecule has 0 saturated carbocycles. The number of carbonyl (C=O) groups excluding carboxylic acids is 2. The zero-order chi connectivity index (χ0) is 26.4. The molecule has 194 valence electrons. The number of unbranched alkanes of at least 4 members (excludes halogenated alkanes) is 1. The molecular weight excluding hydrogens is 499 g/mol. The van der Waals surface area contributed by atoms with Crippen molar-refractivity contribution in [3.05, 3.63) is 68.7 Å². The van der Waals surface area contributed by atoms with E-state index in [2.05, 4.69) is 11.8 Å². The van der Waals surface area contributed by atoms with Crippen molar-refractivity contribution in [2.24, 2.45) is 0 Å². The number of likely N-dealkylation sites (tertiary alicyclic amines) is 1. The van der Waals surface area contributed by atoms with Crippen LogP contribution in [-0.4, -0.2) is 59.4 Å². The number of hydrogen-bond acceptors (Lipinski definition) is 5. The largest absolute Gasteiger partial charge is 0.507 e. The minimum absolute atomic E-state index is 0.0389. The van der Waals surface area contributed by atoms with E-state index >= 15 is 0 Å². The third kappa shape index (κ3) is 6.05. The third-order valence-corrected chi connectivity index (χ3v) is 7.29. The Bertz CT molecular complexity index is 1140. The first kappa shape index (κ1) is 28.0. The molecule has 1 amide bonds. The second-order valence-electron chi connectivity index (χ2n) is 8.88. The van der Waals surface area contributed by atoms with Gasteiger partial charge in [0.25, 0.3) is 11.7 Å². The molecule has 0 unspecified atom stereocenters. The molecule has 1 heterocycles. The predicted octanol–water partition coefficient (Wildman–Crippen LogP) is 6.24. The lowest BCUT2D eigenvalue weighted by atomic mass is 9.94. The fourth-order valence-electron chi connectivity index (χ4n) is 4.37. The van der Waals surface area contributed by atoms with Gasteiger partial charge in [0.1, 0.15) is 11.5 Å². The lowest BCUT2D eigenvalue weighted by Crippen LogP contribution is -2.38. The zero-order valence-corrected chi connectivity index (χ0v) is 22.8. The number of likely N-dealkylation sites (N-methyl/N-ethyl adjacent to an activating group) is 1. The second-order valence-corrected chi connectivity index (χ2v) is 9.69. The van der Waals surface area contributed by atoms with Gasteiger partial charge in [0.2, 0.25) is 0 Å². The molecule has 1 aliphatic rings. The van der Waals surface area contributed by atoms with Crippen LogP contribution in [0.1, 0.15) is 56.3 Å². The van der Waals surface area contributed by atoms with Crippen molar-refractivity contribution in [2.45, 2.75) is 46.6 Å². The topological polar surface area (TPSA) is 70.1 Å². The number of Topliss-reactive ketones (excluding diaryl/α,β-unsaturated/α-hetero) is 1. The Morgan fingerprint density at radius 2 is 1.78 bits per heavy atom. The number of rotatable bonds is 11. The van der Waals surface area contributed by atoms with Gasteiger partial charge in [0.05, 0.1) is 28.3 Å². The Hall–Kier alpha value is -2.54. The van der Waals surface area contributed by atoms with Crippen LogP contribution in [0.15, 0.2) is 42.0 Å². The highest BCUT2D eigenvalue weighted by atomic mass is 35.5. The van der Waals surface area contributed by atoms with Crippen molar-refractivity contribution in [1.82, 2.24) is 9.80 Å². The fraction of sp³-hybridized carbons (Fsp3) is 0.429. The van der Waals surface area contributed by atoms with Crippen molar-refractivity contribution in [2.75, 3.05) is 32.8 Å². The van der Waals surface area contributed by atoms with Gasteiger partial charge in [-0.2, -0.15) is 0 Å². The standard InChI is InChI=1S/C28H34Cl2N2O4/c1-5-8-15-36-23-12-10-20(16-18(23)4)26(33)24-25(19-9-11-21(29)22(30)17-19)32(28(35)27(24)34)14-13-31(6-2)7-3/h9-12,16-17,25,33H,5-8,13-15H2,1-4H3/b26-24+/t25-/m1/s1. The van der Waals surface area contributed by atoms with Crippen molar-refractivity contribution >= 4 is 40.7 Å². The summed E-state index contributed by atoms with van der Waals surface area (Å²) in [4.78, 5) is 30.1. The molecule has 0 spiro atoms. The van der Waals surface area contributed by atoms with E-state index in [1.165, 1.54) is 4.90 Å². The number of halogens is 2. The maximum Gasteiger partial charge on any atom is 0.295 e. The monoisotopic (exact) mass is 532 g/mol. The summed E-state index contributed by atoms with van der Waals surface area (Å²) in [7, 11) is 0. The molecule has 6 nitrogen and oxygen atoms in total. The van der Waals surface area contributed by atoms with Gasteiger partial charge < -0.3 is 19.6 Å². The number of ketones is 1. The van der Waals surface area contributed by atoms with Gasteiger partial charge in [-0.3, -0.25) is 9.59 Å². The molecule has 2 aromatic carbocycles. The van der Waals surface area contributed by atoms with Crippen LogP contribution in [0.4, 0.5) is 0 Å². The Kier molecular flexibility index (Phi) is 9.83. The Labute approximate surface area is 223 Å². The summed E-state index contributed by atoms with van der Waals surface area (Å²) in [5, 5.41) is 12.0. The van der Waals surface area contributed by atoms with Crippen LogP contribution in [0.3, 0.4) is 0 Å². The summed E-state index contributed by atoms with van der Waals surface area (Å²) in [6.07, 6.45) is 1.97. The molecule has 1 saturated heterocycles. The highest BCUT2D eigenvalue weighted by molar-refractivity contribution is 6.46. The lowest BCUT2D eigenvalue weighted by molar-refractivity contribution is -0.140. The summed E-state index contributed by atoms with van der Waals surface area (Å²) in [6.45, 7) is 11.3. The van der Waals surface area contributed by atoms with Gasteiger partial charge in [-0.1, -0.05) is 56.5 Å². The third-order valence-electron chi connectivity index (χ3n) is 6.55. The Balaban J connectivity index is 2.06. The van der Waals surface area contributed by atoms with E-state index < -0.39 is 17.7 Å². The molecule has 0 aliphatic carbocycles. The van der Waals surface area contributed by atoms with Crippen LogP contribution >= 0.6 is 23.2 Å². The molecule has 8 heteroatoms.